The molecule has 1 aromatic heterocycles. The molecule has 1 unspecified atom stereocenters. The Labute approximate surface area is 234 Å². The van der Waals surface area contributed by atoms with Crippen LogP contribution in [-0.4, -0.2) is 47.3 Å². The number of halogens is 3. The van der Waals surface area contributed by atoms with Crippen molar-refractivity contribution in [3.8, 4) is 22.8 Å². The van der Waals surface area contributed by atoms with Gasteiger partial charge >= 0.3 is 6.18 Å². The Morgan fingerprint density at radius 2 is 1.55 bits per heavy atom. The Balaban J connectivity index is 1.55. The van der Waals surface area contributed by atoms with Crippen LogP contribution in [-0.2, 0) is 17.2 Å². The lowest BCUT2D eigenvalue weighted by Gasteiger charge is -2.34. The van der Waals surface area contributed by atoms with Crippen LogP contribution in [0.3, 0.4) is 0 Å². The number of nitrogens with zero attached hydrogens (tertiary/aromatic N) is 3. The van der Waals surface area contributed by atoms with E-state index in [9.17, 15) is 17.4 Å². The van der Waals surface area contributed by atoms with E-state index in [1.807, 2.05) is 12.1 Å². The van der Waals surface area contributed by atoms with E-state index in [1.165, 1.54) is 0 Å². The highest BCUT2D eigenvalue weighted by molar-refractivity contribution is 7.86. The minimum Gasteiger partial charge on any atom is -0.457 e. The van der Waals surface area contributed by atoms with E-state index in [2.05, 4.69) is 26.6 Å². The molecule has 0 radical (unpaired) electrons. The zero-order valence-electron chi connectivity index (χ0n) is 22.1. The van der Waals surface area contributed by atoms with Crippen molar-refractivity contribution in [2.75, 3.05) is 42.8 Å². The van der Waals surface area contributed by atoms with Gasteiger partial charge in [-0.3, -0.25) is 4.72 Å². The van der Waals surface area contributed by atoms with E-state index in [0.29, 0.717) is 16.0 Å². The first-order valence-electron chi connectivity index (χ1n) is 12.8. The molecule has 0 aliphatic carbocycles. The van der Waals surface area contributed by atoms with E-state index < -0.39 is 28.5 Å². The summed E-state index contributed by atoms with van der Waals surface area (Å²) < 4.78 is 65.5. The van der Waals surface area contributed by atoms with Crippen molar-refractivity contribution < 1.29 is 22.1 Å². The van der Waals surface area contributed by atoms with Crippen LogP contribution in [0.2, 0.25) is 0 Å². The van der Waals surface area contributed by atoms with Gasteiger partial charge in [-0.2, -0.15) is 13.2 Å². The van der Waals surface area contributed by atoms with Gasteiger partial charge in [0.15, 0.2) is 11.0 Å². The smallest absolute Gasteiger partial charge is 0.422 e. The molecule has 2 heterocycles. The summed E-state index contributed by atoms with van der Waals surface area (Å²) in [7, 11) is 0.320. The summed E-state index contributed by atoms with van der Waals surface area (Å²) in [5.41, 5.74) is 0.599. The number of rotatable bonds is 7. The number of pyridine rings is 1. The number of piperazine rings is 1. The van der Waals surface area contributed by atoms with Crippen molar-refractivity contribution in [2.45, 2.75) is 18.0 Å². The molecule has 1 aliphatic rings. The number of hydrogen-bond acceptors (Lipinski definition) is 5. The molecular weight excluding hydrogens is 537 g/mol. The Kier molecular flexibility index (Phi) is 8.09. The minimum absolute atomic E-state index is 0.00232. The fourth-order valence-corrected chi connectivity index (χ4v) is 5.39. The minimum atomic E-state index is -4.77. The third-order valence-corrected chi connectivity index (χ3v) is 7.85. The first-order chi connectivity index (χ1) is 19.2. The second kappa shape index (κ2) is 11.7. The number of anilines is 2. The summed E-state index contributed by atoms with van der Waals surface area (Å²) in [5, 5.41) is 0. The average Bonchev–Trinajstić information content (AvgIpc) is 2.94. The zero-order chi connectivity index (χ0) is 28.3. The lowest BCUT2D eigenvalue weighted by Crippen LogP contribution is -2.44. The van der Waals surface area contributed by atoms with Gasteiger partial charge in [0.2, 0.25) is 0 Å². The second-order valence-corrected chi connectivity index (χ2v) is 10.8. The standard InChI is InChI=1S/C30H29F3N4O2S/c1-21-8-6-7-11-25(21)29-28(30(31,32)33)26(20-27(34-29)35-40(38)24-9-4-3-5-10-24)39-23-14-12-22(13-15-23)37-18-16-36(2)17-19-37/h3-15,20H,16-19H2,1-2H3,(H,34,35). The zero-order valence-corrected chi connectivity index (χ0v) is 22.9. The molecule has 0 spiro atoms. The molecule has 3 aromatic carbocycles. The number of aromatic nitrogens is 1. The lowest BCUT2D eigenvalue weighted by molar-refractivity contribution is -0.138. The van der Waals surface area contributed by atoms with Crippen molar-refractivity contribution in [1.82, 2.24) is 9.88 Å². The number of hydrogen-bond donors (Lipinski definition) is 1. The van der Waals surface area contributed by atoms with Gasteiger partial charge in [0.1, 0.15) is 22.9 Å². The predicted octanol–water partition coefficient (Wildman–Crippen LogP) is 6.75. The predicted molar refractivity (Wildman–Crippen MR) is 152 cm³/mol. The quantitative estimate of drug-likeness (QED) is 0.268. The van der Waals surface area contributed by atoms with E-state index in [-0.39, 0.29) is 17.3 Å². The third kappa shape index (κ3) is 6.29. The highest BCUT2D eigenvalue weighted by Gasteiger charge is 2.40. The van der Waals surface area contributed by atoms with Gasteiger partial charge in [-0.25, -0.2) is 9.19 Å². The maximum Gasteiger partial charge on any atom is 0.422 e. The molecule has 1 saturated heterocycles. The largest absolute Gasteiger partial charge is 0.457 e. The van der Waals surface area contributed by atoms with Crippen molar-refractivity contribution in [2.24, 2.45) is 0 Å². The van der Waals surface area contributed by atoms with Crippen LogP contribution in [0.25, 0.3) is 11.3 Å². The highest BCUT2D eigenvalue weighted by Crippen LogP contribution is 2.45. The van der Waals surface area contributed by atoms with Crippen LogP contribution >= 0.6 is 0 Å². The van der Waals surface area contributed by atoms with Crippen molar-refractivity contribution in [3.63, 3.8) is 0 Å². The monoisotopic (exact) mass is 566 g/mol. The van der Waals surface area contributed by atoms with Crippen molar-refractivity contribution in [3.05, 3.63) is 96.1 Å². The van der Waals surface area contributed by atoms with Crippen molar-refractivity contribution in [1.29, 1.82) is 0 Å². The van der Waals surface area contributed by atoms with Crippen molar-refractivity contribution >= 4 is 22.5 Å². The summed E-state index contributed by atoms with van der Waals surface area (Å²) in [6, 6.07) is 23.5. The Morgan fingerprint density at radius 1 is 0.900 bits per heavy atom. The molecule has 1 aliphatic heterocycles. The lowest BCUT2D eigenvalue weighted by atomic mass is 10.00. The Hall–Kier alpha value is -3.89. The van der Waals surface area contributed by atoms with Crippen LogP contribution < -0.4 is 14.4 Å². The Bertz CT molecular complexity index is 1490. The molecule has 40 heavy (non-hydrogen) atoms. The van der Waals surface area contributed by atoms with Crippen LogP contribution in [0, 0.1) is 6.92 Å². The first kappa shape index (κ1) is 27.7. The van der Waals surface area contributed by atoms with Gasteiger partial charge in [0, 0.05) is 43.5 Å². The number of likely N-dealkylation sites (N-methyl/N-ethyl adjacent to an activating group) is 1. The summed E-state index contributed by atoms with van der Waals surface area (Å²) >= 11 is 0. The normalized spacial score (nSPS) is 15.1. The Morgan fingerprint density at radius 3 is 2.20 bits per heavy atom. The van der Waals surface area contributed by atoms with Gasteiger partial charge < -0.3 is 14.5 Å². The van der Waals surface area contributed by atoms with E-state index in [4.69, 9.17) is 4.74 Å². The van der Waals surface area contributed by atoms with E-state index in [1.54, 1.807) is 73.7 Å². The fourth-order valence-electron chi connectivity index (χ4n) is 4.58. The third-order valence-electron chi connectivity index (χ3n) is 6.75. The summed E-state index contributed by atoms with van der Waals surface area (Å²) in [5.74, 6) is -0.182. The topological polar surface area (TPSA) is 57.7 Å². The molecule has 1 fully saturated rings. The molecule has 10 heteroatoms. The van der Waals surface area contributed by atoms with Gasteiger partial charge in [-0.1, -0.05) is 42.5 Å². The number of nitrogens with one attached hydrogen (secondary N) is 1. The number of ether oxygens (including phenoxy) is 1. The second-order valence-electron chi connectivity index (χ2n) is 9.61. The maximum absolute atomic E-state index is 14.6. The molecule has 4 aromatic rings. The fraction of sp³-hybridized carbons (Fsp3) is 0.233. The molecule has 1 atom stereocenters. The van der Waals surface area contributed by atoms with Gasteiger partial charge in [0.05, 0.1) is 10.6 Å². The summed E-state index contributed by atoms with van der Waals surface area (Å²) in [6.07, 6.45) is -4.77. The van der Waals surface area contributed by atoms with Gasteiger partial charge in [-0.05, 0) is 55.9 Å². The van der Waals surface area contributed by atoms with Gasteiger partial charge in [-0.15, -0.1) is 0 Å². The molecule has 0 bridgehead atoms. The van der Waals surface area contributed by atoms with Crippen LogP contribution in [0.4, 0.5) is 24.7 Å². The molecule has 208 valence electrons. The maximum atomic E-state index is 14.6. The molecular formula is C30H29F3N4O2S. The number of alkyl halides is 3. The highest BCUT2D eigenvalue weighted by atomic mass is 32.2. The average molecular weight is 567 g/mol. The molecule has 6 nitrogen and oxygen atoms in total. The molecule has 0 amide bonds. The molecule has 0 saturated carbocycles. The first-order valence-corrected chi connectivity index (χ1v) is 14.0. The number of benzene rings is 3. The van der Waals surface area contributed by atoms with Crippen LogP contribution in [0.5, 0.6) is 11.5 Å². The van der Waals surface area contributed by atoms with E-state index >= 15 is 0 Å². The number of aryl methyl sites for hydroxylation is 1. The van der Waals surface area contributed by atoms with E-state index in [0.717, 1.165) is 37.9 Å². The van der Waals surface area contributed by atoms with Crippen LogP contribution in [0.15, 0.2) is 89.8 Å². The SMILES string of the molecule is Cc1ccccc1-c1nc(NS(=O)c2ccccc2)cc(Oc2ccc(N3CCN(C)CC3)cc2)c1C(F)(F)F. The molecule has 1 N–H and O–H groups in total. The molecule has 5 rings (SSSR count). The van der Waals surface area contributed by atoms with Gasteiger partial charge in [0.25, 0.3) is 0 Å². The summed E-state index contributed by atoms with van der Waals surface area (Å²) in [6.45, 7) is 5.33. The summed E-state index contributed by atoms with van der Waals surface area (Å²) in [4.78, 5) is 9.25. The van der Waals surface area contributed by atoms with Crippen LogP contribution in [0.1, 0.15) is 11.1 Å².